The maximum Gasteiger partial charge on any atom is 0.270 e. The second-order valence-electron chi connectivity index (χ2n) is 6.61. The molecule has 138 valence electrons. The molecule has 27 heavy (non-hydrogen) atoms. The fraction of sp³-hybridized carbons (Fsp3) is 0.250. The molecule has 7 heteroatoms. The van der Waals surface area contributed by atoms with Gasteiger partial charge < -0.3 is 9.32 Å². The molecule has 0 unspecified atom stereocenters. The number of furan rings is 1. The number of amides is 2. The number of nitrogens with zero attached hydrogens (tertiary/aromatic N) is 2. The first-order chi connectivity index (χ1) is 13.0. The van der Waals surface area contributed by atoms with Crippen molar-refractivity contribution in [2.75, 3.05) is 22.9 Å². The number of nitrogens with one attached hydrogen (secondary N) is 1. The summed E-state index contributed by atoms with van der Waals surface area (Å²) in [4.78, 5) is 28.9. The number of hydrogen-bond acceptors (Lipinski definition) is 5. The zero-order chi connectivity index (χ0) is 19.0. The molecule has 1 N–H and O–H groups in total. The van der Waals surface area contributed by atoms with E-state index in [9.17, 15) is 9.59 Å². The number of rotatable bonds is 3. The van der Waals surface area contributed by atoms with Crippen LogP contribution < -0.4 is 15.1 Å². The Labute approximate surface area is 162 Å². The van der Waals surface area contributed by atoms with Gasteiger partial charge in [-0.2, -0.15) is 0 Å². The first kappa shape index (κ1) is 17.5. The van der Waals surface area contributed by atoms with Crippen molar-refractivity contribution in [2.24, 2.45) is 0 Å². The van der Waals surface area contributed by atoms with Crippen LogP contribution in [-0.4, -0.2) is 30.0 Å². The summed E-state index contributed by atoms with van der Waals surface area (Å²) >= 11 is 5.23. The highest BCUT2D eigenvalue weighted by Gasteiger charge is 2.35. The van der Waals surface area contributed by atoms with Crippen molar-refractivity contribution >= 4 is 46.8 Å². The molecule has 1 aromatic carbocycles. The molecule has 4 rings (SSSR count). The lowest BCUT2D eigenvalue weighted by molar-refractivity contribution is -0.122. The van der Waals surface area contributed by atoms with E-state index in [1.54, 1.807) is 12.1 Å². The number of para-hydroxylation sites is 1. The predicted octanol–water partition coefficient (Wildman–Crippen LogP) is 3.02. The number of carbonyl (C=O) groups excluding carboxylic acids is 2. The van der Waals surface area contributed by atoms with Crippen molar-refractivity contribution in [3.05, 3.63) is 53.3 Å². The Balaban J connectivity index is 1.66. The van der Waals surface area contributed by atoms with Crippen LogP contribution in [0.5, 0.6) is 0 Å². The van der Waals surface area contributed by atoms with Crippen molar-refractivity contribution in [3.8, 4) is 0 Å². The van der Waals surface area contributed by atoms with Gasteiger partial charge in [0.15, 0.2) is 11.0 Å². The minimum Gasteiger partial charge on any atom is -0.441 e. The van der Waals surface area contributed by atoms with Crippen molar-refractivity contribution in [3.63, 3.8) is 0 Å². The van der Waals surface area contributed by atoms with Crippen LogP contribution in [0.4, 0.5) is 11.6 Å². The number of benzene rings is 1. The van der Waals surface area contributed by atoms with Gasteiger partial charge in [-0.05, 0) is 55.8 Å². The lowest BCUT2D eigenvalue weighted by atomic mass is 10.1. The molecule has 2 aromatic rings. The first-order valence-corrected chi connectivity index (χ1v) is 9.27. The highest BCUT2D eigenvalue weighted by Crippen LogP contribution is 2.27. The summed E-state index contributed by atoms with van der Waals surface area (Å²) in [5.74, 6) is 0.244. The molecule has 2 fully saturated rings. The molecule has 2 aliphatic rings. The Morgan fingerprint density at radius 1 is 1.11 bits per heavy atom. The lowest BCUT2D eigenvalue weighted by Crippen LogP contribution is -2.54. The van der Waals surface area contributed by atoms with Crippen LogP contribution in [0.1, 0.15) is 24.2 Å². The van der Waals surface area contributed by atoms with E-state index in [4.69, 9.17) is 16.6 Å². The summed E-state index contributed by atoms with van der Waals surface area (Å²) in [6.45, 7) is 3.80. The topological polar surface area (TPSA) is 65.8 Å². The summed E-state index contributed by atoms with van der Waals surface area (Å²) in [6.07, 6.45) is 3.76. The van der Waals surface area contributed by atoms with E-state index in [-0.39, 0.29) is 10.7 Å². The van der Waals surface area contributed by atoms with Gasteiger partial charge in [0.05, 0.1) is 5.69 Å². The summed E-state index contributed by atoms with van der Waals surface area (Å²) in [6, 6.07) is 11.0. The van der Waals surface area contributed by atoms with E-state index in [2.05, 4.69) is 10.2 Å². The van der Waals surface area contributed by atoms with E-state index in [1.807, 2.05) is 31.2 Å². The zero-order valence-corrected chi connectivity index (χ0v) is 15.7. The van der Waals surface area contributed by atoms with E-state index in [0.717, 1.165) is 37.4 Å². The van der Waals surface area contributed by atoms with Gasteiger partial charge in [-0.1, -0.05) is 18.2 Å². The van der Waals surface area contributed by atoms with E-state index < -0.39 is 11.8 Å². The molecule has 0 saturated carbocycles. The van der Waals surface area contributed by atoms with Crippen molar-refractivity contribution < 1.29 is 14.0 Å². The molecule has 0 bridgehead atoms. The van der Waals surface area contributed by atoms with Crippen LogP contribution in [-0.2, 0) is 9.59 Å². The number of carbonyl (C=O) groups is 2. The highest BCUT2D eigenvalue weighted by atomic mass is 32.1. The van der Waals surface area contributed by atoms with E-state index in [1.165, 1.54) is 11.0 Å². The van der Waals surface area contributed by atoms with Gasteiger partial charge in [0.25, 0.3) is 11.8 Å². The molecule has 2 aliphatic heterocycles. The molecule has 0 aliphatic carbocycles. The maximum absolute atomic E-state index is 13.0. The Morgan fingerprint density at radius 3 is 2.59 bits per heavy atom. The molecule has 2 amide bonds. The van der Waals surface area contributed by atoms with Crippen molar-refractivity contribution in [2.45, 2.75) is 19.8 Å². The number of thiocarbonyl (C=S) groups is 1. The predicted molar refractivity (Wildman–Crippen MR) is 108 cm³/mol. The molecule has 6 nitrogen and oxygen atoms in total. The fourth-order valence-corrected chi connectivity index (χ4v) is 3.63. The molecule has 0 spiro atoms. The number of anilines is 2. The average Bonchev–Trinajstić information content (AvgIpc) is 3.31. The van der Waals surface area contributed by atoms with Gasteiger partial charge in [-0.25, -0.2) is 0 Å². The largest absolute Gasteiger partial charge is 0.441 e. The first-order valence-electron chi connectivity index (χ1n) is 8.86. The van der Waals surface area contributed by atoms with E-state index in [0.29, 0.717) is 11.4 Å². The van der Waals surface area contributed by atoms with E-state index >= 15 is 0 Å². The molecule has 2 saturated heterocycles. The Kier molecular flexibility index (Phi) is 4.53. The number of hydrogen-bond donors (Lipinski definition) is 1. The van der Waals surface area contributed by atoms with Crippen LogP contribution in [0.15, 0.2) is 46.4 Å². The van der Waals surface area contributed by atoms with Gasteiger partial charge in [0, 0.05) is 19.2 Å². The van der Waals surface area contributed by atoms with Crippen LogP contribution >= 0.6 is 12.2 Å². The van der Waals surface area contributed by atoms with Gasteiger partial charge in [-0.3, -0.25) is 19.8 Å². The normalized spacial score (nSPS) is 19.1. The second kappa shape index (κ2) is 7.00. The van der Waals surface area contributed by atoms with Gasteiger partial charge >= 0.3 is 0 Å². The lowest BCUT2D eigenvalue weighted by Gasteiger charge is -2.29. The standard InChI is InChI=1S/C20H19N3O3S/c1-13-6-2-3-7-16(13)23-19(25)15(18(24)21-20(23)27)12-14-8-9-17(26-14)22-10-4-5-11-22/h2-3,6-9,12H,4-5,10-11H2,1H3,(H,21,24,27). The van der Waals surface area contributed by atoms with Crippen molar-refractivity contribution in [1.29, 1.82) is 0 Å². The van der Waals surface area contributed by atoms with Crippen LogP contribution in [0, 0.1) is 6.92 Å². The summed E-state index contributed by atoms with van der Waals surface area (Å²) < 4.78 is 5.82. The average molecular weight is 381 g/mol. The monoisotopic (exact) mass is 381 g/mol. The third-order valence-corrected chi connectivity index (χ3v) is 5.06. The number of aryl methyl sites for hydroxylation is 1. The Bertz CT molecular complexity index is 957. The highest BCUT2D eigenvalue weighted by molar-refractivity contribution is 7.80. The Hall–Kier alpha value is -2.93. The van der Waals surface area contributed by atoms with Gasteiger partial charge in [0.2, 0.25) is 0 Å². The molecule has 3 heterocycles. The molecule has 0 radical (unpaired) electrons. The van der Waals surface area contributed by atoms with Crippen LogP contribution in [0.25, 0.3) is 6.08 Å². The fourth-order valence-electron chi connectivity index (χ4n) is 3.36. The third kappa shape index (κ3) is 3.26. The quantitative estimate of drug-likeness (QED) is 0.503. The second-order valence-corrected chi connectivity index (χ2v) is 7.00. The minimum atomic E-state index is -0.519. The third-order valence-electron chi connectivity index (χ3n) is 4.77. The van der Waals surface area contributed by atoms with Crippen LogP contribution in [0.3, 0.4) is 0 Å². The maximum atomic E-state index is 13.0. The van der Waals surface area contributed by atoms with Gasteiger partial charge in [0.1, 0.15) is 11.3 Å². The van der Waals surface area contributed by atoms with Crippen LogP contribution in [0.2, 0.25) is 0 Å². The molecular formula is C20H19N3O3S. The SMILES string of the molecule is Cc1ccccc1N1C(=O)C(=Cc2ccc(N3CCCC3)o2)C(=O)NC1=S. The minimum absolute atomic E-state index is 0.00539. The summed E-state index contributed by atoms with van der Waals surface area (Å²) in [5.41, 5.74) is 1.53. The van der Waals surface area contributed by atoms with Crippen molar-refractivity contribution in [1.82, 2.24) is 5.32 Å². The zero-order valence-electron chi connectivity index (χ0n) is 14.9. The molecule has 0 atom stereocenters. The molecular weight excluding hydrogens is 362 g/mol. The summed E-state index contributed by atoms with van der Waals surface area (Å²) in [7, 11) is 0. The Morgan fingerprint density at radius 2 is 1.85 bits per heavy atom. The smallest absolute Gasteiger partial charge is 0.270 e. The molecule has 1 aromatic heterocycles. The van der Waals surface area contributed by atoms with Gasteiger partial charge in [-0.15, -0.1) is 0 Å². The summed E-state index contributed by atoms with van der Waals surface area (Å²) in [5, 5.41) is 2.67.